The van der Waals surface area contributed by atoms with E-state index < -0.39 is 0 Å². The van der Waals surface area contributed by atoms with Gasteiger partial charge in [0.05, 0.1) is 5.92 Å². The van der Waals surface area contributed by atoms with E-state index in [0.29, 0.717) is 22.3 Å². The molecule has 0 amide bonds. The first-order valence-electron chi connectivity index (χ1n) is 27.4. The van der Waals surface area contributed by atoms with Crippen molar-refractivity contribution in [3.63, 3.8) is 0 Å². The normalized spacial score (nSPS) is 20.8. The van der Waals surface area contributed by atoms with E-state index in [1.807, 2.05) is 67.5 Å². The van der Waals surface area contributed by atoms with Crippen molar-refractivity contribution >= 4 is 113 Å². The molecule has 6 nitrogen and oxygen atoms in total. The lowest BCUT2D eigenvalue weighted by molar-refractivity contribution is -0.135. The van der Waals surface area contributed by atoms with Gasteiger partial charge in [-0.3, -0.25) is 28.8 Å². The Morgan fingerprint density at radius 2 is 1.00 bits per heavy atom. The first-order valence-corrected chi connectivity index (χ1v) is 30.0. The molecule has 424 valence electrons. The summed E-state index contributed by atoms with van der Waals surface area (Å²) in [6.07, 6.45) is 18.3. The van der Waals surface area contributed by atoms with Gasteiger partial charge in [0, 0.05) is 33.6 Å². The van der Waals surface area contributed by atoms with E-state index in [1.165, 1.54) is 25.7 Å². The van der Waals surface area contributed by atoms with Crippen LogP contribution in [0.2, 0.25) is 5.02 Å². The lowest BCUT2D eigenvalue weighted by atomic mass is 9.50. The van der Waals surface area contributed by atoms with Crippen LogP contribution in [0.5, 0.6) is 0 Å². The van der Waals surface area contributed by atoms with E-state index in [-0.39, 0.29) is 77.3 Å². The Hall–Kier alpha value is -0.730. The summed E-state index contributed by atoms with van der Waals surface area (Å²) >= 11 is 38.7. The minimum Gasteiger partial charge on any atom is -0.281 e. The molecule has 0 N–H and O–H groups in total. The maximum atomic E-state index is 11.7. The average Bonchev–Trinajstić information content (AvgIpc) is 3.24. The molecule has 4 aliphatic rings. The summed E-state index contributed by atoms with van der Waals surface area (Å²) in [6.45, 7) is 35.6. The van der Waals surface area contributed by atoms with Gasteiger partial charge in [-0.15, -0.1) is 0 Å². The van der Waals surface area contributed by atoms with Gasteiger partial charge in [-0.05, 0) is 230 Å². The van der Waals surface area contributed by atoms with E-state index in [9.17, 15) is 28.8 Å². The minimum absolute atomic E-state index is 0.0123. The highest BCUT2D eigenvalue weighted by molar-refractivity contribution is 6.66. The van der Waals surface area contributed by atoms with Crippen LogP contribution in [0.15, 0.2) is 24.3 Å². The maximum Gasteiger partial charge on any atom is 0.229 e. The number of hydrogen-bond donors (Lipinski definition) is 0. The van der Waals surface area contributed by atoms with Crippen molar-refractivity contribution < 1.29 is 28.8 Å². The molecule has 0 heterocycles. The second-order valence-corrected chi connectivity index (χ2v) is 27.6. The van der Waals surface area contributed by atoms with Crippen molar-refractivity contribution in [2.45, 2.75) is 233 Å². The van der Waals surface area contributed by atoms with Crippen LogP contribution in [0, 0.1) is 74.9 Å². The van der Waals surface area contributed by atoms with E-state index >= 15 is 0 Å². The lowest BCUT2D eigenvalue weighted by Gasteiger charge is -2.55. The number of carbonyl (C=O) groups is 6. The van der Waals surface area contributed by atoms with E-state index in [4.69, 9.17) is 81.2 Å². The summed E-state index contributed by atoms with van der Waals surface area (Å²) in [7, 11) is 0. The largest absolute Gasteiger partial charge is 0.281 e. The monoisotopic (exact) mass is 1160 g/mol. The van der Waals surface area contributed by atoms with Gasteiger partial charge in [0.15, 0.2) is 0 Å². The molecular formula is C60H99Cl7O6. The summed E-state index contributed by atoms with van der Waals surface area (Å²) in [5.74, 6) is 3.64. The van der Waals surface area contributed by atoms with E-state index in [0.717, 1.165) is 107 Å². The lowest BCUT2D eigenvalue weighted by Crippen LogP contribution is -2.48. The van der Waals surface area contributed by atoms with Gasteiger partial charge >= 0.3 is 0 Å². The molecule has 5 atom stereocenters. The first-order chi connectivity index (χ1) is 33.5. The highest BCUT2D eigenvalue weighted by Crippen LogP contribution is 2.60. The molecular weight excluding hydrogens is 1060 g/mol. The number of benzene rings is 1. The predicted octanol–water partition coefficient (Wildman–Crippen LogP) is 20.5. The Bertz CT molecular complexity index is 1740. The van der Waals surface area contributed by atoms with E-state index in [2.05, 4.69) is 62.3 Å². The fraction of sp³-hybridized carbons (Fsp3) is 0.800. The molecule has 0 radical (unpaired) electrons. The highest BCUT2D eigenvalue weighted by atomic mass is 35.5. The van der Waals surface area contributed by atoms with Gasteiger partial charge in [-0.2, -0.15) is 0 Å². The Morgan fingerprint density at radius 3 is 1.26 bits per heavy atom. The highest BCUT2D eigenvalue weighted by Gasteiger charge is 2.54. The van der Waals surface area contributed by atoms with Crippen LogP contribution < -0.4 is 0 Å². The molecule has 4 aliphatic carbocycles. The van der Waals surface area contributed by atoms with Gasteiger partial charge in [0.25, 0.3) is 0 Å². The number of carbonyl (C=O) groups excluding carboxylic acids is 6. The van der Waals surface area contributed by atoms with Crippen LogP contribution in [0.25, 0.3) is 0 Å². The molecule has 4 saturated carbocycles. The van der Waals surface area contributed by atoms with Gasteiger partial charge in [-0.1, -0.05) is 154 Å². The first kappa shape index (κ1) is 74.3. The van der Waals surface area contributed by atoms with Crippen molar-refractivity contribution in [3.8, 4) is 0 Å². The molecule has 4 fully saturated rings. The van der Waals surface area contributed by atoms with Crippen molar-refractivity contribution in [3.05, 3.63) is 34.9 Å². The maximum absolute atomic E-state index is 11.7. The Balaban J connectivity index is 0. The molecule has 13 heteroatoms. The van der Waals surface area contributed by atoms with Gasteiger partial charge in [-0.25, -0.2) is 0 Å². The van der Waals surface area contributed by atoms with Crippen LogP contribution in [0.3, 0.4) is 0 Å². The molecule has 1 aromatic carbocycles. The molecule has 0 saturated heterocycles. The summed E-state index contributed by atoms with van der Waals surface area (Å²) in [5.41, 5.74) is 1.12. The second kappa shape index (κ2) is 36.4. The molecule has 5 unspecified atom stereocenters. The van der Waals surface area contributed by atoms with Crippen molar-refractivity contribution in [1.29, 1.82) is 0 Å². The van der Waals surface area contributed by atoms with Gasteiger partial charge < -0.3 is 0 Å². The Labute approximate surface area is 480 Å². The average molecular weight is 1160 g/mol. The third-order valence-corrected chi connectivity index (χ3v) is 17.2. The second-order valence-electron chi connectivity index (χ2n) is 25.0. The Morgan fingerprint density at radius 1 is 0.575 bits per heavy atom. The Kier molecular flexibility index (Phi) is 37.1. The zero-order chi connectivity index (χ0) is 57.2. The molecule has 0 aromatic heterocycles. The molecule has 4 bridgehead atoms. The van der Waals surface area contributed by atoms with Gasteiger partial charge in [0.1, 0.15) is 0 Å². The summed E-state index contributed by atoms with van der Waals surface area (Å²) in [5, 5.41) is -0.456. The van der Waals surface area contributed by atoms with Crippen LogP contribution in [0.1, 0.15) is 238 Å². The number of halogens is 7. The van der Waals surface area contributed by atoms with Crippen LogP contribution in [0.4, 0.5) is 0 Å². The zero-order valence-corrected chi connectivity index (χ0v) is 53.5. The predicted molar refractivity (Wildman–Crippen MR) is 315 cm³/mol. The van der Waals surface area contributed by atoms with Gasteiger partial charge in [0.2, 0.25) is 31.5 Å². The summed E-state index contributed by atoms with van der Waals surface area (Å²) < 4.78 is 0. The molecule has 1 aromatic rings. The summed E-state index contributed by atoms with van der Waals surface area (Å²) in [6, 6.07) is 7.22. The molecule has 5 rings (SSSR count). The van der Waals surface area contributed by atoms with Crippen LogP contribution >= 0.6 is 81.2 Å². The zero-order valence-electron chi connectivity index (χ0n) is 48.2. The quantitative estimate of drug-likeness (QED) is 0.114. The summed E-state index contributed by atoms with van der Waals surface area (Å²) in [4.78, 5) is 65.9. The third-order valence-electron chi connectivity index (χ3n) is 14.9. The van der Waals surface area contributed by atoms with Crippen LogP contribution in [-0.4, -0.2) is 31.5 Å². The third kappa shape index (κ3) is 31.5. The fourth-order valence-corrected chi connectivity index (χ4v) is 12.6. The number of rotatable bonds is 21. The standard InChI is InChI=1S/C18H35ClO.C11H12Cl2O.C11H15ClO.C8H15ClO.2C6H11ClO/c1-13(11-17(3,4)5)9-10-15(16(19)20)14(2)12-18(6,7)8;1-7(2)10(11(13)14)8-3-5-9(12)6-4-8;12-10(13)11-4-7-1-8(5-11)3-9(2-7)6-11;1-3-5-6-7(4-2)8(9)10;1-4-6(2,3)5(7)8;1-3-5(4-2)6(7)8/h13-15H,9-12H2,1-8H3;3-7,10H,1-2H3;7-9H,1-6H2;7H,3-6H2,1-2H3;4H2,1-3H3;5H,3-4H2,1-2H3. The van der Waals surface area contributed by atoms with Crippen molar-refractivity contribution in [1.82, 2.24) is 0 Å². The SMILES string of the molecule is CC(C)C(C(=O)Cl)c1ccc(Cl)cc1.CC(CCC(C(=O)Cl)C(C)CC(C)(C)C)CC(C)(C)C.CCC(C)(C)C(=O)Cl.CCC(CC)C(=O)Cl.CCCCC(CC)C(=O)Cl.O=C(Cl)C12CC3CC(CC(C3)C1)C2. The topological polar surface area (TPSA) is 102 Å². The number of unbranched alkanes of at least 4 members (excludes halogenated alkanes) is 1. The minimum atomic E-state index is -0.332. The smallest absolute Gasteiger partial charge is 0.229 e. The molecule has 73 heavy (non-hydrogen) atoms. The van der Waals surface area contributed by atoms with Crippen LogP contribution in [-0.2, 0) is 28.8 Å². The number of hydrogen-bond acceptors (Lipinski definition) is 6. The molecule has 0 spiro atoms. The fourth-order valence-electron chi connectivity index (χ4n) is 10.8. The van der Waals surface area contributed by atoms with Crippen molar-refractivity contribution in [2.75, 3.05) is 0 Å². The van der Waals surface area contributed by atoms with E-state index in [1.54, 1.807) is 12.1 Å². The molecule has 0 aliphatic heterocycles. The van der Waals surface area contributed by atoms with Crippen molar-refractivity contribution in [2.24, 2.45) is 74.9 Å².